The fourth-order valence-electron chi connectivity index (χ4n) is 8.49. The number of piperidine rings is 1. The molecule has 3 aliphatic carbocycles. The molecule has 0 N–H and O–H groups in total. The van der Waals surface area contributed by atoms with Crippen molar-refractivity contribution in [2.24, 2.45) is 34.5 Å². The topological polar surface area (TPSA) is 29.5 Å². The standard InChI is InChI=1S/C27H36F3NO2/c1-16-15-21-25(2,14-12-23(32)31(21)4)20-11-13-26(3)19(24(16)20)9-10-22(26)33-18-7-5-17(6-8-18)27(28,29)30/h5-8,16,19-22,24H,9-15H2,1-4H3/t16?,19-,20+,21?,22?,24-,25+,26-/m0/s1. The first kappa shape index (κ1) is 23.0. The van der Waals surface area contributed by atoms with Crippen molar-refractivity contribution in [1.82, 2.24) is 4.90 Å². The Kier molecular flexibility index (Phi) is 5.34. The minimum absolute atomic E-state index is 0.0357. The SMILES string of the molecule is CC1CC2N(C)C(=O)CC[C@]2(C)[C@@H]2CC[C@]3(C)C(Oc4ccc(C(F)(F)F)cc4)CC[C@H]3[C@H]12. The second-order valence-electron chi connectivity index (χ2n) is 11.8. The Hall–Kier alpha value is -1.72. The van der Waals surface area contributed by atoms with Crippen LogP contribution >= 0.6 is 0 Å². The van der Waals surface area contributed by atoms with Crippen molar-refractivity contribution in [3.8, 4) is 5.75 Å². The smallest absolute Gasteiger partial charge is 0.416 e. The Bertz CT molecular complexity index is 915. The van der Waals surface area contributed by atoms with Crippen LogP contribution in [-0.2, 0) is 11.0 Å². The quantitative estimate of drug-likeness (QED) is 0.497. The lowest BCUT2D eigenvalue weighted by atomic mass is 9.45. The number of halogens is 3. The summed E-state index contributed by atoms with van der Waals surface area (Å²) in [4.78, 5) is 14.5. The van der Waals surface area contributed by atoms with Gasteiger partial charge < -0.3 is 9.64 Å². The Morgan fingerprint density at radius 3 is 2.33 bits per heavy atom. The Morgan fingerprint density at radius 1 is 1.00 bits per heavy atom. The summed E-state index contributed by atoms with van der Waals surface area (Å²) in [6.07, 6.45) is 2.71. The summed E-state index contributed by atoms with van der Waals surface area (Å²) in [6.45, 7) is 7.16. The normalized spacial score (nSPS) is 43.0. The molecule has 1 amide bonds. The van der Waals surface area contributed by atoms with Crippen LogP contribution in [0.4, 0.5) is 13.2 Å². The number of hydrogen-bond donors (Lipinski definition) is 0. The van der Waals surface area contributed by atoms with Gasteiger partial charge in [0.2, 0.25) is 5.91 Å². The number of amides is 1. The van der Waals surface area contributed by atoms with Crippen LogP contribution in [0.15, 0.2) is 24.3 Å². The van der Waals surface area contributed by atoms with E-state index in [1.807, 2.05) is 11.9 Å². The number of likely N-dealkylation sites (tertiary alicyclic amines) is 1. The second-order valence-corrected chi connectivity index (χ2v) is 11.8. The Labute approximate surface area is 195 Å². The van der Waals surface area contributed by atoms with E-state index in [9.17, 15) is 18.0 Å². The zero-order chi connectivity index (χ0) is 23.8. The van der Waals surface area contributed by atoms with Gasteiger partial charge in [-0.2, -0.15) is 13.2 Å². The molecule has 5 rings (SSSR count). The first-order valence-electron chi connectivity index (χ1n) is 12.5. The zero-order valence-electron chi connectivity index (χ0n) is 20.1. The number of carbonyl (C=O) groups is 1. The summed E-state index contributed by atoms with van der Waals surface area (Å²) >= 11 is 0. The molecule has 1 aliphatic heterocycles. The molecule has 1 aromatic rings. The molecule has 182 valence electrons. The predicted molar refractivity (Wildman–Crippen MR) is 121 cm³/mol. The number of benzene rings is 1. The van der Waals surface area contributed by atoms with Crippen LogP contribution in [0.1, 0.15) is 71.3 Å². The van der Waals surface area contributed by atoms with E-state index < -0.39 is 11.7 Å². The molecule has 3 saturated carbocycles. The van der Waals surface area contributed by atoms with Crippen LogP contribution in [0.5, 0.6) is 5.75 Å². The summed E-state index contributed by atoms with van der Waals surface area (Å²) in [5, 5.41) is 0. The van der Waals surface area contributed by atoms with E-state index in [1.54, 1.807) is 0 Å². The van der Waals surface area contributed by atoms with Crippen molar-refractivity contribution in [2.45, 2.75) is 84.0 Å². The van der Waals surface area contributed by atoms with E-state index in [1.165, 1.54) is 12.1 Å². The molecule has 6 heteroatoms. The van der Waals surface area contributed by atoms with Crippen LogP contribution in [-0.4, -0.2) is 30.0 Å². The van der Waals surface area contributed by atoms with E-state index in [4.69, 9.17) is 4.74 Å². The van der Waals surface area contributed by atoms with E-state index in [0.29, 0.717) is 41.9 Å². The minimum Gasteiger partial charge on any atom is -0.490 e. The molecule has 8 atom stereocenters. The largest absolute Gasteiger partial charge is 0.490 e. The zero-order valence-corrected chi connectivity index (χ0v) is 20.1. The maximum Gasteiger partial charge on any atom is 0.416 e. The summed E-state index contributed by atoms with van der Waals surface area (Å²) in [7, 11) is 1.99. The molecule has 1 heterocycles. The van der Waals surface area contributed by atoms with Crippen LogP contribution in [0, 0.1) is 34.5 Å². The molecule has 0 spiro atoms. The van der Waals surface area contributed by atoms with Gasteiger partial charge >= 0.3 is 6.18 Å². The molecule has 4 aliphatic rings. The summed E-state index contributed by atoms with van der Waals surface area (Å²) < 4.78 is 45.2. The van der Waals surface area contributed by atoms with Gasteiger partial charge in [0, 0.05) is 24.9 Å². The van der Waals surface area contributed by atoms with Gasteiger partial charge in [0.25, 0.3) is 0 Å². The van der Waals surface area contributed by atoms with Crippen molar-refractivity contribution in [1.29, 1.82) is 0 Å². The molecule has 33 heavy (non-hydrogen) atoms. The highest BCUT2D eigenvalue weighted by molar-refractivity contribution is 5.77. The lowest BCUT2D eigenvalue weighted by molar-refractivity contribution is -0.168. The van der Waals surface area contributed by atoms with Gasteiger partial charge in [-0.05, 0) is 91.9 Å². The summed E-state index contributed by atoms with van der Waals surface area (Å²) in [5.74, 6) is 3.17. The average Bonchev–Trinajstić information content (AvgIpc) is 3.08. The van der Waals surface area contributed by atoms with Gasteiger partial charge in [0.15, 0.2) is 0 Å². The fraction of sp³-hybridized carbons (Fsp3) is 0.741. The van der Waals surface area contributed by atoms with E-state index in [-0.39, 0.29) is 22.8 Å². The highest BCUT2D eigenvalue weighted by Crippen LogP contribution is 2.66. The first-order chi connectivity index (χ1) is 15.4. The highest BCUT2D eigenvalue weighted by Gasteiger charge is 2.63. The van der Waals surface area contributed by atoms with Crippen LogP contribution in [0.25, 0.3) is 0 Å². The van der Waals surface area contributed by atoms with E-state index in [2.05, 4.69) is 20.8 Å². The van der Waals surface area contributed by atoms with Crippen molar-refractivity contribution in [3.05, 3.63) is 29.8 Å². The van der Waals surface area contributed by atoms with E-state index >= 15 is 0 Å². The number of fused-ring (bicyclic) bond motifs is 5. The molecule has 1 aromatic carbocycles. The van der Waals surface area contributed by atoms with Gasteiger partial charge in [-0.1, -0.05) is 20.8 Å². The number of rotatable bonds is 2. The Morgan fingerprint density at radius 2 is 1.67 bits per heavy atom. The molecule has 4 fully saturated rings. The fourth-order valence-corrected chi connectivity index (χ4v) is 8.49. The van der Waals surface area contributed by atoms with Crippen LogP contribution in [0.3, 0.4) is 0 Å². The average molecular weight is 464 g/mol. The number of ether oxygens (including phenoxy) is 1. The monoisotopic (exact) mass is 463 g/mol. The third-order valence-electron chi connectivity index (χ3n) is 10.3. The molecule has 0 bridgehead atoms. The van der Waals surface area contributed by atoms with Gasteiger partial charge in [0.05, 0.1) is 5.56 Å². The van der Waals surface area contributed by atoms with Crippen molar-refractivity contribution < 1.29 is 22.7 Å². The van der Waals surface area contributed by atoms with Gasteiger partial charge in [-0.25, -0.2) is 0 Å². The third-order valence-corrected chi connectivity index (χ3v) is 10.3. The second kappa shape index (κ2) is 7.64. The molecule has 3 nitrogen and oxygen atoms in total. The van der Waals surface area contributed by atoms with Crippen molar-refractivity contribution in [3.63, 3.8) is 0 Å². The first-order valence-corrected chi connectivity index (χ1v) is 12.5. The van der Waals surface area contributed by atoms with E-state index in [0.717, 1.165) is 50.7 Å². The predicted octanol–water partition coefficient (Wildman–Crippen LogP) is 6.56. The van der Waals surface area contributed by atoms with Crippen LogP contribution < -0.4 is 4.74 Å². The third kappa shape index (κ3) is 3.49. The number of alkyl halides is 3. The van der Waals surface area contributed by atoms with Gasteiger partial charge in [-0.3, -0.25) is 4.79 Å². The Balaban J connectivity index is 1.37. The highest BCUT2D eigenvalue weighted by atomic mass is 19.4. The summed E-state index contributed by atoms with van der Waals surface area (Å²) in [5.41, 5.74) is -0.425. The molecular formula is C27H36F3NO2. The maximum absolute atomic E-state index is 12.9. The van der Waals surface area contributed by atoms with Crippen LogP contribution in [0.2, 0.25) is 0 Å². The molecule has 1 saturated heterocycles. The van der Waals surface area contributed by atoms with Gasteiger partial charge in [-0.15, -0.1) is 0 Å². The number of carbonyl (C=O) groups excluding carboxylic acids is 1. The lowest BCUT2D eigenvalue weighted by Gasteiger charge is -2.63. The number of nitrogens with zero attached hydrogens (tertiary/aromatic N) is 1. The molecule has 0 radical (unpaired) electrons. The van der Waals surface area contributed by atoms with Crippen molar-refractivity contribution in [2.75, 3.05) is 7.05 Å². The van der Waals surface area contributed by atoms with Crippen molar-refractivity contribution >= 4 is 5.91 Å². The number of hydrogen-bond acceptors (Lipinski definition) is 2. The minimum atomic E-state index is -4.33. The lowest BCUT2D eigenvalue weighted by Crippen LogP contribution is -2.63. The summed E-state index contributed by atoms with van der Waals surface area (Å²) in [6, 6.07) is 5.50. The molecule has 0 aromatic heterocycles. The van der Waals surface area contributed by atoms with Gasteiger partial charge in [0.1, 0.15) is 11.9 Å². The molecule has 3 unspecified atom stereocenters. The maximum atomic E-state index is 12.9. The molecular weight excluding hydrogens is 427 g/mol.